The summed E-state index contributed by atoms with van der Waals surface area (Å²) in [7, 11) is 0. The fourth-order valence-corrected chi connectivity index (χ4v) is 3.98. The second-order valence-electron chi connectivity index (χ2n) is 7.92. The second kappa shape index (κ2) is 9.77. The maximum Gasteiger partial charge on any atom is 0.144 e. The molecule has 1 aliphatic rings. The van der Waals surface area contributed by atoms with Gasteiger partial charge in [-0.25, -0.2) is 4.98 Å². The van der Waals surface area contributed by atoms with Gasteiger partial charge in [0, 0.05) is 13.1 Å². The molecule has 2 N–H and O–H groups in total. The Hall–Kier alpha value is -3.56. The number of aryl methyl sites for hydroxylation is 1. The van der Waals surface area contributed by atoms with Crippen LogP contribution in [0.5, 0.6) is 0 Å². The van der Waals surface area contributed by atoms with Gasteiger partial charge in [0.1, 0.15) is 17.7 Å². The van der Waals surface area contributed by atoms with Crippen LogP contribution >= 0.6 is 0 Å². The minimum atomic E-state index is -0.594. The average molecular weight is 399 g/mol. The van der Waals surface area contributed by atoms with E-state index >= 15 is 0 Å². The van der Waals surface area contributed by atoms with Crippen LogP contribution in [0, 0.1) is 46.8 Å². The monoisotopic (exact) mass is 398 g/mol. The maximum absolute atomic E-state index is 9.89. The van der Waals surface area contributed by atoms with Crippen molar-refractivity contribution in [2.45, 2.75) is 44.9 Å². The number of nitriles is 3. The molecule has 1 aromatic carbocycles. The third-order valence-corrected chi connectivity index (χ3v) is 5.69. The number of rotatable bonds is 6. The summed E-state index contributed by atoms with van der Waals surface area (Å²) >= 11 is 0. The molecule has 1 fully saturated rings. The van der Waals surface area contributed by atoms with Crippen molar-refractivity contribution in [1.29, 1.82) is 15.8 Å². The Morgan fingerprint density at radius 2 is 1.77 bits per heavy atom. The Bertz CT molecular complexity index is 1000. The van der Waals surface area contributed by atoms with E-state index in [4.69, 9.17) is 5.73 Å². The molecule has 2 heterocycles. The Morgan fingerprint density at radius 1 is 1.07 bits per heavy atom. The lowest BCUT2D eigenvalue weighted by Gasteiger charge is -2.29. The summed E-state index contributed by atoms with van der Waals surface area (Å²) in [5.74, 6) is -0.0586. The van der Waals surface area contributed by atoms with Gasteiger partial charge in [-0.3, -0.25) is 0 Å². The van der Waals surface area contributed by atoms with Crippen molar-refractivity contribution in [2.24, 2.45) is 5.92 Å². The number of pyridine rings is 1. The fourth-order valence-electron chi connectivity index (χ4n) is 3.98. The summed E-state index contributed by atoms with van der Waals surface area (Å²) in [5.41, 5.74) is 9.15. The molecule has 6 nitrogen and oxygen atoms in total. The number of hydrogen-bond donors (Lipinski definition) is 1. The Balaban J connectivity index is 1.87. The molecule has 0 bridgehead atoms. The van der Waals surface area contributed by atoms with Gasteiger partial charge in [0.05, 0.1) is 29.5 Å². The molecule has 6 heteroatoms. The molecule has 0 aliphatic carbocycles. The van der Waals surface area contributed by atoms with Crippen LogP contribution in [0.3, 0.4) is 0 Å². The van der Waals surface area contributed by atoms with Gasteiger partial charge in [-0.05, 0) is 56.2 Å². The zero-order valence-corrected chi connectivity index (χ0v) is 17.3. The van der Waals surface area contributed by atoms with Gasteiger partial charge in [0.2, 0.25) is 0 Å². The molecule has 1 saturated heterocycles. The van der Waals surface area contributed by atoms with E-state index in [-0.39, 0.29) is 17.3 Å². The Labute approximate surface area is 178 Å². The summed E-state index contributed by atoms with van der Waals surface area (Å²) in [6.07, 6.45) is 4.28. The first kappa shape index (κ1) is 21.2. The van der Waals surface area contributed by atoms with E-state index in [0.29, 0.717) is 24.2 Å². The summed E-state index contributed by atoms with van der Waals surface area (Å²) in [4.78, 5) is 6.59. The third-order valence-electron chi connectivity index (χ3n) is 5.69. The summed E-state index contributed by atoms with van der Waals surface area (Å²) in [6.45, 7) is 3.81. The van der Waals surface area contributed by atoms with Gasteiger partial charge in [-0.2, -0.15) is 15.8 Å². The molecular weight excluding hydrogens is 372 g/mol. The highest BCUT2D eigenvalue weighted by Gasteiger charge is 2.25. The van der Waals surface area contributed by atoms with E-state index in [1.807, 2.05) is 37.3 Å². The molecule has 0 spiro atoms. The number of benzene rings is 1. The molecule has 3 rings (SSSR count). The molecule has 0 radical (unpaired) electrons. The molecule has 1 aromatic heterocycles. The molecule has 152 valence electrons. The van der Waals surface area contributed by atoms with Crippen LogP contribution in [0.25, 0.3) is 0 Å². The van der Waals surface area contributed by atoms with Gasteiger partial charge < -0.3 is 10.6 Å². The van der Waals surface area contributed by atoms with Gasteiger partial charge in [-0.15, -0.1) is 0 Å². The maximum atomic E-state index is 9.89. The summed E-state index contributed by atoms with van der Waals surface area (Å²) in [5, 5.41) is 29.2. The van der Waals surface area contributed by atoms with Crippen molar-refractivity contribution < 1.29 is 0 Å². The topological polar surface area (TPSA) is 114 Å². The second-order valence-corrected chi connectivity index (χ2v) is 7.92. The number of nitrogen functional groups attached to an aromatic ring is 1. The van der Waals surface area contributed by atoms with Gasteiger partial charge in [0.25, 0.3) is 0 Å². The quantitative estimate of drug-likeness (QED) is 0.779. The lowest BCUT2D eigenvalue weighted by molar-refractivity contribution is 0.564. The van der Waals surface area contributed by atoms with Crippen molar-refractivity contribution in [3.05, 3.63) is 52.6 Å². The number of anilines is 2. The van der Waals surface area contributed by atoms with E-state index in [1.54, 1.807) is 0 Å². The average Bonchev–Trinajstić information content (AvgIpc) is 2.78. The highest BCUT2D eigenvalue weighted by atomic mass is 15.2. The molecule has 2 aromatic rings. The van der Waals surface area contributed by atoms with Gasteiger partial charge in [0.15, 0.2) is 0 Å². The minimum Gasteiger partial charge on any atom is -0.383 e. The van der Waals surface area contributed by atoms with Crippen molar-refractivity contribution in [2.75, 3.05) is 23.7 Å². The smallest absolute Gasteiger partial charge is 0.144 e. The zero-order valence-electron chi connectivity index (χ0n) is 17.3. The van der Waals surface area contributed by atoms with Crippen LogP contribution in [0.1, 0.15) is 53.9 Å². The largest absolute Gasteiger partial charge is 0.383 e. The zero-order chi connectivity index (χ0) is 21.5. The van der Waals surface area contributed by atoms with E-state index < -0.39 is 5.92 Å². The standard InChI is InChI=1S/C24H26N6/c1-17-5-7-18(8-6-17)11-19(14-25)12-20(15-26)21-13-23(29-24(28)22(21)16-27)30-9-3-2-4-10-30/h5-8,13,19-20H,2-4,9-12H2,1H3,(H2,28,29). The van der Waals surface area contributed by atoms with Crippen molar-refractivity contribution >= 4 is 11.6 Å². The Morgan fingerprint density at radius 3 is 2.37 bits per heavy atom. The van der Waals surface area contributed by atoms with E-state index in [1.165, 1.54) is 12.0 Å². The minimum absolute atomic E-state index is 0.155. The number of nitrogens with two attached hydrogens (primary N) is 1. The highest BCUT2D eigenvalue weighted by Crippen LogP contribution is 2.33. The Kier molecular flexibility index (Phi) is 6.89. The van der Waals surface area contributed by atoms with Crippen molar-refractivity contribution in [3.8, 4) is 18.2 Å². The number of piperidine rings is 1. The van der Waals surface area contributed by atoms with Gasteiger partial charge >= 0.3 is 0 Å². The van der Waals surface area contributed by atoms with Crippen LogP contribution in [-0.2, 0) is 6.42 Å². The molecule has 0 saturated carbocycles. The van der Waals surface area contributed by atoms with Crippen LogP contribution in [0.2, 0.25) is 0 Å². The van der Waals surface area contributed by atoms with Crippen LogP contribution < -0.4 is 10.6 Å². The molecule has 30 heavy (non-hydrogen) atoms. The number of aromatic nitrogens is 1. The fraction of sp³-hybridized carbons (Fsp3) is 0.417. The van der Waals surface area contributed by atoms with E-state index in [0.717, 1.165) is 31.5 Å². The third kappa shape index (κ3) is 4.88. The first-order valence-corrected chi connectivity index (χ1v) is 10.4. The highest BCUT2D eigenvalue weighted by molar-refractivity contribution is 5.61. The van der Waals surface area contributed by atoms with Crippen molar-refractivity contribution in [1.82, 2.24) is 4.98 Å². The van der Waals surface area contributed by atoms with Crippen molar-refractivity contribution in [3.63, 3.8) is 0 Å². The first-order valence-electron chi connectivity index (χ1n) is 10.4. The van der Waals surface area contributed by atoms with Gasteiger partial charge in [-0.1, -0.05) is 29.8 Å². The van der Waals surface area contributed by atoms with Crippen LogP contribution in [0.4, 0.5) is 11.6 Å². The van der Waals surface area contributed by atoms with E-state index in [9.17, 15) is 15.8 Å². The molecule has 0 amide bonds. The van der Waals surface area contributed by atoms with Crippen LogP contribution in [-0.4, -0.2) is 18.1 Å². The lowest BCUT2D eigenvalue weighted by Crippen LogP contribution is -2.30. The summed E-state index contributed by atoms with van der Waals surface area (Å²) in [6, 6.07) is 16.7. The number of hydrogen-bond acceptors (Lipinski definition) is 6. The van der Waals surface area contributed by atoms with E-state index in [2.05, 4.69) is 28.1 Å². The first-order chi connectivity index (χ1) is 14.5. The molecular formula is C24H26N6. The normalized spacial score (nSPS) is 15.5. The lowest BCUT2D eigenvalue weighted by atomic mass is 9.85. The summed E-state index contributed by atoms with van der Waals surface area (Å²) < 4.78 is 0. The SMILES string of the molecule is Cc1ccc(CC(C#N)CC(C#N)c2cc(N3CCCCC3)nc(N)c2C#N)cc1. The number of nitrogens with zero attached hydrogens (tertiary/aromatic N) is 5. The molecule has 2 unspecified atom stereocenters. The predicted molar refractivity (Wildman–Crippen MR) is 116 cm³/mol. The van der Waals surface area contributed by atoms with Crippen LogP contribution in [0.15, 0.2) is 30.3 Å². The molecule has 1 aliphatic heterocycles. The predicted octanol–water partition coefficient (Wildman–Crippen LogP) is 4.21. The molecule has 2 atom stereocenters.